The molecule has 1 aromatic heterocycles. The number of methoxy groups -OCH3 is 2. The van der Waals surface area contributed by atoms with E-state index in [4.69, 9.17) is 9.47 Å². The van der Waals surface area contributed by atoms with E-state index in [2.05, 4.69) is 9.98 Å². The largest absolute Gasteiger partial charge is 0.496 e. The van der Waals surface area contributed by atoms with Crippen LogP contribution in [0.2, 0.25) is 0 Å². The molecule has 1 atom stereocenters. The van der Waals surface area contributed by atoms with Crippen LogP contribution in [0.4, 0.5) is 18.9 Å². The fourth-order valence-electron chi connectivity index (χ4n) is 2.70. The number of ether oxygens (including phenoxy) is 2. The van der Waals surface area contributed by atoms with Gasteiger partial charge in [0, 0.05) is 43.0 Å². The van der Waals surface area contributed by atoms with Gasteiger partial charge in [0.15, 0.2) is 0 Å². The number of aliphatic hydroxyl groups is 1. The highest BCUT2D eigenvalue weighted by Crippen LogP contribution is 2.48. The monoisotopic (exact) mass is 411 g/mol. The van der Waals surface area contributed by atoms with Crippen molar-refractivity contribution in [1.82, 2.24) is 9.88 Å². The maximum absolute atomic E-state index is 14.1. The van der Waals surface area contributed by atoms with Crippen molar-refractivity contribution in [3.05, 3.63) is 47.2 Å². The number of rotatable bonds is 7. The zero-order valence-corrected chi connectivity index (χ0v) is 16.9. The molecule has 29 heavy (non-hydrogen) atoms. The van der Waals surface area contributed by atoms with Crippen molar-refractivity contribution in [2.24, 2.45) is 4.99 Å². The van der Waals surface area contributed by atoms with Gasteiger partial charge in [-0.15, -0.1) is 0 Å². The van der Waals surface area contributed by atoms with E-state index in [0.717, 1.165) is 18.8 Å². The zero-order valence-electron chi connectivity index (χ0n) is 16.9. The van der Waals surface area contributed by atoms with Crippen molar-refractivity contribution < 1.29 is 27.8 Å². The first kappa shape index (κ1) is 22.5. The summed E-state index contributed by atoms with van der Waals surface area (Å²) in [5.41, 5.74) is -3.34. The predicted molar refractivity (Wildman–Crippen MR) is 104 cm³/mol. The topological polar surface area (TPSA) is 67.2 Å². The second-order valence-corrected chi connectivity index (χ2v) is 6.45. The molecule has 2 aromatic rings. The lowest BCUT2D eigenvalue weighted by molar-refractivity contribution is -0.248. The van der Waals surface area contributed by atoms with Crippen LogP contribution in [0.1, 0.15) is 23.6 Å². The van der Waals surface area contributed by atoms with Gasteiger partial charge in [-0.3, -0.25) is 0 Å². The Morgan fingerprint density at radius 3 is 2.38 bits per heavy atom. The first-order valence-corrected chi connectivity index (χ1v) is 8.81. The molecule has 6 nitrogen and oxygen atoms in total. The lowest BCUT2D eigenvalue weighted by Crippen LogP contribution is -2.43. The molecule has 1 N–H and O–H groups in total. The van der Waals surface area contributed by atoms with Crippen LogP contribution in [0.3, 0.4) is 0 Å². The van der Waals surface area contributed by atoms with E-state index in [9.17, 15) is 18.3 Å². The molecule has 0 radical (unpaired) electrons. The van der Waals surface area contributed by atoms with Crippen molar-refractivity contribution in [2.75, 3.05) is 27.8 Å². The fraction of sp³-hybridized carbons (Fsp3) is 0.400. The Bertz CT molecular complexity index is 870. The smallest absolute Gasteiger partial charge is 0.425 e. The number of benzene rings is 1. The maximum atomic E-state index is 14.1. The van der Waals surface area contributed by atoms with Crippen LogP contribution in [0, 0.1) is 6.92 Å². The molecule has 158 valence electrons. The summed E-state index contributed by atoms with van der Waals surface area (Å²) in [7, 11) is 4.41. The van der Waals surface area contributed by atoms with Crippen LogP contribution in [0.25, 0.3) is 0 Å². The van der Waals surface area contributed by atoms with Crippen LogP contribution in [-0.4, -0.2) is 55.3 Å². The van der Waals surface area contributed by atoms with Gasteiger partial charge in [0.1, 0.15) is 5.75 Å². The van der Waals surface area contributed by atoms with Crippen LogP contribution >= 0.6 is 0 Å². The Morgan fingerprint density at radius 2 is 1.90 bits per heavy atom. The normalized spacial score (nSPS) is 14.0. The van der Waals surface area contributed by atoms with Gasteiger partial charge >= 0.3 is 6.18 Å². The Labute approximate surface area is 167 Å². The minimum absolute atomic E-state index is 0.131. The van der Waals surface area contributed by atoms with Crippen molar-refractivity contribution >= 4 is 12.0 Å². The van der Waals surface area contributed by atoms with Gasteiger partial charge in [-0.1, -0.05) is 0 Å². The summed E-state index contributed by atoms with van der Waals surface area (Å²) >= 11 is 0. The van der Waals surface area contributed by atoms with Gasteiger partial charge in [0.25, 0.3) is 0 Å². The van der Waals surface area contributed by atoms with Crippen molar-refractivity contribution in [1.29, 1.82) is 0 Å². The molecule has 0 spiro atoms. The zero-order chi connectivity index (χ0) is 21.8. The van der Waals surface area contributed by atoms with E-state index in [1.54, 1.807) is 13.3 Å². The van der Waals surface area contributed by atoms with E-state index in [1.807, 2.05) is 18.9 Å². The molecule has 0 fully saturated rings. The standard InChI is InChI=1S/C20H24F3N3O3/c1-6-26(3)12-25-16-10-17(28-4)15(9-13(16)2)19(27,20(21,22)23)14-7-8-18(29-5)24-11-14/h7-12,27H,6H2,1-5H3/b25-12+. The summed E-state index contributed by atoms with van der Waals surface area (Å²) < 4.78 is 52.4. The molecule has 0 aliphatic heterocycles. The summed E-state index contributed by atoms with van der Waals surface area (Å²) in [5.74, 6) is -0.0105. The number of alkyl halides is 3. The minimum atomic E-state index is -5.03. The van der Waals surface area contributed by atoms with Gasteiger partial charge < -0.3 is 19.5 Å². The maximum Gasteiger partial charge on any atom is 0.425 e. The first-order valence-electron chi connectivity index (χ1n) is 8.81. The number of pyridine rings is 1. The average Bonchev–Trinajstić information content (AvgIpc) is 2.70. The molecule has 0 bridgehead atoms. The van der Waals surface area contributed by atoms with Crippen LogP contribution in [0.15, 0.2) is 35.5 Å². The van der Waals surface area contributed by atoms with Gasteiger partial charge in [-0.05, 0) is 31.5 Å². The van der Waals surface area contributed by atoms with E-state index in [0.29, 0.717) is 11.3 Å². The third-order valence-electron chi connectivity index (χ3n) is 4.57. The fourth-order valence-corrected chi connectivity index (χ4v) is 2.70. The third-order valence-corrected chi connectivity index (χ3v) is 4.57. The molecule has 1 aromatic carbocycles. The van der Waals surface area contributed by atoms with Gasteiger partial charge in [-0.2, -0.15) is 13.2 Å². The Hall–Kier alpha value is -2.81. The Morgan fingerprint density at radius 1 is 1.21 bits per heavy atom. The minimum Gasteiger partial charge on any atom is -0.496 e. The number of aromatic nitrogens is 1. The van der Waals surface area contributed by atoms with Crippen LogP contribution < -0.4 is 9.47 Å². The predicted octanol–water partition coefficient (Wildman–Crippen LogP) is 3.82. The van der Waals surface area contributed by atoms with Crippen molar-refractivity contribution in [3.8, 4) is 11.6 Å². The molecular formula is C20H24F3N3O3. The molecule has 9 heteroatoms. The summed E-state index contributed by atoms with van der Waals surface area (Å²) in [6.07, 6.45) is -2.52. The highest BCUT2D eigenvalue weighted by Gasteiger charge is 2.58. The number of hydrogen-bond donors (Lipinski definition) is 1. The summed E-state index contributed by atoms with van der Waals surface area (Å²) in [6, 6.07) is 4.98. The molecular weight excluding hydrogens is 387 g/mol. The molecule has 0 saturated heterocycles. The van der Waals surface area contributed by atoms with E-state index < -0.39 is 22.9 Å². The summed E-state index contributed by atoms with van der Waals surface area (Å²) in [5, 5.41) is 10.9. The summed E-state index contributed by atoms with van der Waals surface area (Å²) in [6.45, 7) is 4.27. The molecule has 1 unspecified atom stereocenters. The first-order chi connectivity index (χ1) is 13.6. The number of hydrogen-bond acceptors (Lipinski definition) is 5. The molecule has 2 rings (SSSR count). The quantitative estimate of drug-likeness (QED) is 0.554. The SMILES string of the molecule is CCN(C)/C=N/c1cc(OC)c(C(O)(c2ccc(OC)nc2)C(F)(F)F)cc1C. The Kier molecular flexibility index (Phi) is 6.73. The van der Waals surface area contributed by atoms with Crippen molar-refractivity contribution in [2.45, 2.75) is 25.6 Å². The molecule has 0 aliphatic carbocycles. The van der Waals surface area contributed by atoms with E-state index in [-0.39, 0.29) is 11.6 Å². The number of aliphatic imine (C=N–C) groups is 1. The lowest BCUT2D eigenvalue weighted by atomic mass is 9.84. The highest BCUT2D eigenvalue weighted by molar-refractivity contribution is 5.66. The third kappa shape index (κ3) is 4.45. The van der Waals surface area contributed by atoms with Crippen molar-refractivity contribution in [3.63, 3.8) is 0 Å². The summed E-state index contributed by atoms with van der Waals surface area (Å²) in [4.78, 5) is 9.91. The highest BCUT2D eigenvalue weighted by atomic mass is 19.4. The molecule has 1 heterocycles. The number of halogens is 3. The lowest BCUT2D eigenvalue weighted by Gasteiger charge is -2.32. The molecule has 0 saturated carbocycles. The van der Waals surface area contributed by atoms with Gasteiger partial charge in [-0.25, -0.2) is 9.98 Å². The van der Waals surface area contributed by atoms with Gasteiger partial charge in [0.05, 0.1) is 26.2 Å². The van der Waals surface area contributed by atoms with E-state index >= 15 is 0 Å². The number of aryl methyl sites for hydroxylation is 1. The van der Waals surface area contributed by atoms with Crippen LogP contribution in [-0.2, 0) is 5.60 Å². The Balaban J connectivity index is 2.67. The molecule has 0 aliphatic rings. The second kappa shape index (κ2) is 8.69. The van der Waals surface area contributed by atoms with E-state index in [1.165, 1.54) is 32.4 Å². The van der Waals surface area contributed by atoms with Crippen LogP contribution in [0.5, 0.6) is 11.6 Å². The number of nitrogens with zero attached hydrogens (tertiary/aromatic N) is 3. The average molecular weight is 411 g/mol. The van der Waals surface area contributed by atoms with Gasteiger partial charge in [0.2, 0.25) is 11.5 Å². The second-order valence-electron chi connectivity index (χ2n) is 6.45. The molecule has 0 amide bonds.